The smallest absolute Gasteiger partial charge is 0.274 e. The van der Waals surface area contributed by atoms with Gasteiger partial charge in [-0.2, -0.15) is 21.6 Å². The molecular weight excluding hydrogens is 459 g/mol. The van der Waals surface area contributed by atoms with Gasteiger partial charge in [0.1, 0.15) is 0 Å². The zero-order valence-electron chi connectivity index (χ0n) is 19.0. The molecule has 0 aliphatic rings. The Morgan fingerprint density at radius 1 is 0.697 bits per heavy atom. The molecule has 178 valence electrons. The van der Waals surface area contributed by atoms with Crippen LogP contribution in [-0.4, -0.2) is 18.7 Å². The summed E-state index contributed by atoms with van der Waals surface area (Å²) >= 11 is 0. The van der Waals surface area contributed by atoms with Crippen LogP contribution in [0.3, 0.4) is 0 Å². The monoisotopic (exact) mass is 483 g/mol. The van der Waals surface area contributed by atoms with E-state index in [0.29, 0.717) is 10.8 Å². The number of halogens is 3. The van der Waals surface area contributed by atoms with Gasteiger partial charge in [-0.1, -0.05) is 58.4 Å². The Balaban J connectivity index is 2.60. The predicted molar refractivity (Wildman–Crippen MR) is 121 cm³/mol. The first-order valence-corrected chi connectivity index (χ1v) is 11.4. The van der Waals surface area contributed by atoms with Crippen molar-refractivity contribution in [1.29, 1.82) is 0 Å². The quantitative estimate of drug-likeness (QED) is 0.505. The molecule has 0 saturated carbocycles. The van der Waals surface area contributed by atoms with Gasteiger partial charge in [-0.25, -0.2) is 0 Å². The van der Waals surface area contributed by atoms with Crippen LogP contribution in [0.25, 0.3) is 21.5 Å². The van der Waals surface area contributed by atoms with Gasteiger partial charge in [-0.05, 0) is 57.0 Å². The fraction of sp³-hybridized carbons (Fsp3) is 0.391. The molecule has 0 spiro atoms. The van der Waals surface area contributed by atoms with Crippen LogP contribution >= 0.6 is 0 Å². The molecule has 0 saturated heterocycles. The Morgan fingerprint density at radius 2 is 1.06 bits per heavy atom. The van der Waals surface area contributed by atoms with Crippen molar-refractivity contribution in [2.75, 3.05) is 0 Å². The third kappa shape index (κ3) is 4.48. The van der Waals surface area contributed by atoms with E-state index in [1.807, 2.05) is 41.5 Å². The predicted octanol–water partition coefficient (Wildman–Crippen LogP) is 4.39. The van der Waals surface area contributed by atoms with Crippen molar-refractivity contribution in [2.24, 2.45) is 0 Å². The van der Waals surface area contributed by atoms with Gasteiger partial charge in [0.25, 0.3) is 11.1 Å². The highest BCUT2D eigenvalue weighted by atomic mass is 32.2. The van der Waals surface area contributed by atoms with Crippen molar-refractivity contribution in [3.05, 3.63) is 68.2 Å². The van der Waals surface area contributed by atoms with E-state index < -0.39 is 26.7 Å². The van der Waals surface area contributed by atoms with Crippen LogP contribution < -0.4 is 15.4 Å². The number of benzene rings is 2. The minimum atomic E-state index is -6.26. The Kier molecular flexibility index (Phi) is 5.69. The van der Waals surface area contributed by atoms with Crippen molar-refractivity contribution in [3.8, 4) is 0 Å². The molecule has 3 rings (SSSR count). The van der Waals surface area contributed by atoms with Gasteiger partial charge in [-0.3, -0.25) is 13.9 Å². The van der Waals surface area contributed by atoms with Crippen LogP contribution in [0.1, 0.15) is 52.7 Å². The topological polar surface area (TPSA) is 82.4 Å². The van der Waals surface area contributed by atoms with Gasteiger partial charge >= 0.3 is 15.6 Å². The average molecular weight is 484 g/mol. The molecule has 0 aliphatic heterocycles. The van der Waals surface area contributed by atoms with E-state index in [1.165, 1.54) is 12.1 Å². The molecule has 2 aromatic carbocycles. The molecule has 10 heteroatoms. The van der Waals surface area contributed by atoms with Crippen molar-refractivity contribution >= 4 is 31.7 Å². The second-order valence-corrected chi connectivity index (χ2v) is 11.4. The lowest BCUT2D eigenvalue weighted by Gasteiger charge is -2.20. The number of rotatable bonds is 2. The van der Waals surface area contributed by atoms with Crippen molar-refractivity contribution in [2.45, 2.75) is 57.9 Å². The zero-order chi connectivity index (χ0) is 25.1. The van der Waals surface area contributed by atoms with Crippen LogP contribution in [0.4, 0.5) is 13.2 Å². The molecule has 0 unspecified atom stereocenters. The summed E-state index contributed by atoms with van der Waals surface area (Å²) in [5.74, 6) is 0. The Labute approximate surface area is 188 Å². The van der Waals surface area contributed by atoms with E-state index in [2.05, 4.69) is 4.28 Å². The average Bonchev–Trinajstić information content (AvgIpc) is 2.75. The maximum absolute atomic E-state index is 13.1. The van der Waals surface area contributed by atoms with Crippen LogP contribution in [0.2, 0.25) is 0 Å². The highest BCUT2D eigenvalue weighted by Gasteiger charge is 2.49. The lowest BCUT2D eigenvalue weighted by Crippen LogP contribution is -2.43. The third-order valence-corrected chi connectivity index (χ3v) is 6.26. The first-order valence-electron chi connectivity index (χ1n) is 10.0. The van der Waals surface area contributed by atoms with Crippen molar-refractivity contribution in [1.82, 2.24) is 4.73 Å². The summed E-state index contributed by atoms with van der Waals surface area (Å²) in [5, 5.41) is 0.298. The summed E-state index contributed by atoms with van der Waals surface area (Å²) in [7, 11) is -6.26. The molecule has 6 nitrogen and oxygen atoms in total. The van der Waals surface area contributed by atoms with Gasteiger partial charge in [-0.15, -0.1) is 0 Å². The van der Waals surface area contributed by atoms with Crippen LogP contribution in [0.15, 0.2) is 46.0 Å². The van der Waals surface area contributed by atoms with E-state index in [-0.39, 0.29) is 26.3 Å². The van der Waals surface area contributed by atoms with Gasteiger partial charge < -0.3 is 0 Å². The number of nitrogens with zero attached hydrogens (tertiary/aromatic N) is 1. The normalized spacial score (nSPS) is 13.5. The van der Waals surface area contributed by atoms with E-state index in [9.17, 15) is 31.2 Å². The van der Waals surface area contributed by atoms with Crippen molar-refractivity contribution < 1.29 is 25.9 Å². The molecule has 0 aliphatic carbocycles. The van der Waals surface area contributed by atoms with Crippen LogP contribution in [0, 0.1) is 0 Å². The summed E-state index contributed by atoms with van der Waals surface area (Å²) in [6.07, 6.45) is 0. The SMILES string of the molecule is CC(C)(C)c1ccc2c(=O)n(OS(=O)(=O)C(F)(F)F)c(=O)c3ccc(C(C)(C)C)cc3c2c1. The van der Waals surface area contributed by atoms with Crippen molar-refractivity contribution in [3.63, 3.8) is 0 Å². The Morgan fingerprint density at radius 3 is 1.36 bits per heavy atom. The maximum atomic E-state index is 13.1. The summed E-state index contributed by atoms with van der Waals surface area (Å²) in [6, 6.07) is 9.31. The largest absolute Gasteiger partial charge is 0.536 e. The van der Waals surface area contributed by atoms with Gasteiger partial charge in [0.05, 0.1) is 10.8 Å². The lowest BCUT2D eigenvalue weighted by atomic mass is 9.84. The van der Waals surface area contributed by atoms with E-state index >= 15 is 0 Å². The molecule has 33 heavy (non-hydrogen) atoms. The summed E-state index contributed by atoms with van der Waals surface area (Å²) < 4.78 is 65.8. The molecule has 0 N–H and O–H groups in total. The summed E-state index contributed by atoms with van der Waals surface area (Å²) in [6.45, 7) is 11.6. The Bertz CT molecular complexity index is 1400. The molecule has 3 aromatic rings. The second-order valence-electron chi connectivity index (χ2n) is 9.90. The van der Waals surface area contributed by atoms with E-state index in [1.54, 1.807) is 24.3 Å². The maximum Gasteiger partial charge on any atom is 0.536 e. The van der Waals surface area contributed by atoms with Crippen LogP contribution in [-0.2, 0) is 20.9 Å². The molecule has 0 radical (unpaired) electrons. The number of hydrogen-bond acceptors (Lipinski definition) is 5. The zero-order valence-corrected chi connectivity index (χ0v) is 19.8. The summed E-state index contributed by atoms with van der Waals surface area (Å²) in [5.41, 5.74) is -7.50. The molecular formula is C23H24F3NO5S. The minimum Gasteiger partial charge on any atom is -0.274 e. The first-order chi connectivity index (χ1) is 14.8. The molecule has 0 fully saturated rings. The number of aromatic nitrogens is 1. The molecule has 1 aromatic heterocycles. The fourth-order valence-electron chi connectivity index (χ4n) is 3.36. The lowest BCUT2D eigenvalue weighted by molar-refractivity contribution is -0.0551. The molecule has 0 bridgehead atoms. The number of fused-ring (bicyclic) bond motifs is 3. The molecule has 0 amide bonds. The number of hydrogen-bond donors (Lipinski definition) is 0. The molecule has 1 heterocycles. The summed E-state index contributed by atoms with van der Waals surface area (Å²) in [4.78, 5) is 26.2. The minimum absolute atomic E-state index is 0.154. The van der Waals surface area contributed by atoms with E-state index in [0.717, 1.165) is 11.1 Å². The number of alkyl halides is 3. The highest BCUT2D eigenvalue weighted by Crippen LogP contribution is 2.31. The van der Waals surface area contributed by atoms with Gasteiger partial charge in [0, 0.05) is 0 Å². The van der Waals surface area contributed by atoms with Gasteiger partial charge in [0.2, 0.25) is 0 Å². The third-order valence-electron chi connectivity index (χ3n) is 5.35. The molecule has 0 atom stereocenters. The highest BCUT2D eigenvalue weighted by molar-refractivity contribution is 7.87. The fourth-order valence-corrected chi connectivity index (χ4v) is 3.78. The van der Waals surface area contributed by atoms with Crippen LogP contribution in [0.5, 0.6) is 0 Å². The van der Waals surface area contributed by atoms with E-state index in [4.69, 9.17) is 0 Å². The second kappa shape index (κ2) is 7.58. The van der Waals surface area contributed by atoms with Gasteiger partial charge in [0.15, 0.2) is 0 Å². The Hall–Kier alpha value is -2.88. The first kappa shape index (κ1) is 24.8. The standard InChI is InChI=1S/C23H24F3NO5S/c1-21(2,3)13-7-9-15-17(11-13)18-12-14(22(4,5)6)8-10-16(18)20(29)27(19(15)28)32-33(30,31)23(24,25)26/h7-12H,1-6H3.